The summed E-state index contributed by atoms with van der Waals surface area (Å²) in [6, 6.07) is 9.02. The third kappa shape index (κ3) is 3.95. The Bertz CT molecular complexity index is 1030. The maximum atomic E-state index is 12.5. The number of esters is 1. The topological polar surface area (TPSA) is 94.8 Å². The molecule has 3 aromatic rings. The van der Waals surface area contributed by atoms with Crippen LogP contribution in [0.3, 0.4) is 0 Å². The molecule has 1 aromatic carbocycles. The number of carbonyl (C=O) groups is 2. The zero-order valence-corrected chi connectivity index (χ0v) is 16.2. The molecule has 0 N–H and O–H groups in total. The first-order valence-corrected chi connectivity index (χ1v) is 8.67. The quantitative estimate of drug-likeness (QED) is 0.604. The Kier molecular flexibility index (Phi) is 5.58. The van der Waals surface area contributed by atoms with E-state index >= 15 is 0 Å². The number of aromatic nitrogens is 2. The lowest BCUT2D eigenvalue weighted by molar-refractivity contribution is -0.133. The number of hydrogen-bond donors (Lipinski definition) is 0. The van der Waals surface area contributed by atoms with Gasteiger partial charge in [-0.1, -0.05) is 23.4 Å². The highest BCUT2D eigenvalue weighted by Crippen LogP contribution is 2.23. The summed E-state index contributed by atoms with van der Waals surface area (Å²) in [5.74, 6) is -0.263. The normalized spacial score (nSPS) is 10.7. The summed E-state index contributed by atoms with van der Waals surface area (Å²) in [6.07, 6.45) is 0. The molecule has 0 aliphatic rings. The molecule has 8 nitrogen and oxygen atoms in total. The summed E-state index contributed by atoms with van der Waals surface area (Å²) in [4.78, 5) is 30.6. The molecule has 0 radical (unpaired) electrons. The van der Waals surface area contributed by atoms with E-state index in [1.54, 1.807) is 34.1 Å². The molecule has 146 valence electrons. The van der Waals surface area contributed by atoms with Gasteiger partial charge in [0.05, 0.1) is 23.8 Å². The summed E-state index contributed by atoms with van der Waals surface area (Å²) in [5, 5.41) is 4.33. The van der Waals surface area contributed by atoms with Gasteiger partial charge >= 0.3 is 5.97 Å². The average molecular weight is 383 g/mol. The minimum absolute atomic E-state index is 0.268. The molecule has 0 saturated carbocycles. The van der Waals surface area contributed by atoms with E-state index in [-0.39, 0.29) is 23.8 Å². The molecule has 28 heavy (non-hydrogen) atoms. The van der Waals surface area contributed by atoms with Crippen LogP contribution in [0.4, 0.5) is 0 Å². The summed E-state index contributed by atoms with van der Waals surface area (Å²) in [6.45, 7) is 3.41. The van der Waals surface area contributed by atoms with E-state index in [4.69, 9.17) is 14.0 Å². The molecular weight excluding hydrogens is 362 g/mol. The maximum absolute atomic E-state index is 12.5. The van der Waals surface area contributed by atoms with Crippen LogP contribution in [0.5, 0.6) is 5.75 Å². The lowest BCUT2D eigenvalue weighted by Crippen LogP contribution is -2.31. The number of amides is 1. The molecule has 0 fully saturated rings. The zero-order valence-electron chi connectivity index (χ0n) is 16.2. The van der Waals surface area contributed by atoms with Crippen molar-refractivity contribution in [2.45, 2.75) is 20.4 Å². The number of fused-ring (bicyclic) bond motifs is 1. The fraction of sp³-hybridized carbons (Fsp3) is 0.300. The van der Waals surface area contributed by atoms with Crippen LogP contribution >= 0.6 is 0 Å². The summed E-state index contributed by atoms with van der Waals surface area (Å²) in [7, 11) is 3.22. The van der Waals surface area contributed by atoms with Gasteiger partial charge in [0.1, 0.15) is 5.75 Å². The van der Waals surface area contributed by atoms with Crippen LogP contribution < -0.4 is 4.74 Å². The first kappa shape index (κ1) is 19.3. The number of ether oxygens (including phenoxy) is 2. The van der Waals surface area contributed by atoms with Crippen molar-refractivity contribution in [1.82, 2.24) is 15.0 Å². The number of likely N-dealkylation sites (N-methyl/N-ethyl adjacent to an activating group) is 1. The number of aryl methyl sites for hydroxylation is 2. The van der Waals surface area contributed by atoms with Crippen molar-refractivity contribution >= 4 is 23.0 Å². The molecule has 2 aromatic heterocycles. The molecular formula is C20H21N3O5. The summed E-state index contributed by atoms with van der Waals surface area (Å²) < 4.78 is 15.6. The van der Waals surface area contributed by atoms with Crippen LogP contribution in [-0.2, 0) is 16.1 Å². The third-order valence-corrected chi connectivity index (χ3v) is 4.32. The average Bonchev–Trinajstić information content (AvgIpc) is 3.06. The minimum Gasteiger partial charge on any atom is -0.496 e. The van der Waals surface area contributed by atoms with E-state index in [1.165, 1.54) is 4.90 Å². The van der Waals surface area contributed by atoms with Gasteiger partial charge in [-0.25, -0.2) is 9.78 Å². The molecule has 0 bridgehead atoms. The molecule has 0 unspecified atom stereocenters. The molecule has 0 aliphatic heterocycles. The van der Waals surface area contributed by atoms with Gasteiger partial charge in [0.15, 0.2) is 6.61 Å². The zero-order chi connectivity index (χ0) is 20.3. The SMILES string of the molecule is COc1ccccc1CN(C)C(=O)COC(=O)c1cc(C)nc2onc(C)c12. The van der Waals surface area contributed by atoms with Gasteiger partial charge in [-0.3, -0.25) is 4.79 Å². The second kappa shape index (κ2) is 8.08. The summed E-state index contributed by atoms with van der Waals surface area (Å²) >= 11 is 0. The van der Waals surface area contributed by atoms with E-state index in [1.807, 2.05) is 24.3 Å². The maximum Gasteiger partial charge on any atom is 0.339 e. The minimum atomic E-state index is -0.624. The molecule has 0 atom stereocenters. The molecule has 3 rings (SSSR count). The second-order valence-corrected chi connectivity index (χ2v) is 6.40. The molecule has 8 heteroatoms. The first-order chi connectivity index (χ1) is 13.4. The van der Waals surface area contributed by atoms with Crippen molar-refractivity contribution in [2.24, 2.45) is 0 Å². The Labute approximate surface area is 162 Å². The largest absolute Gasteiger partial charge is 0.496 e. The van der Waals surface area contributed by atoms with Gasteiger partial charge < -0.3 is 18.9 Å². The smallest absolute Gasteiger partial charge is 0.339 e. The highest BCUT2D eigenvalue weighted by atomic mass is 16.5. The van der Waals surface area contributed by atoms with Crippen molar-refractivity contribution in [3.8, 4) is 5.75 Å². The van der Waals surface area contributed by atoms with Crippen LogP contribution in [0.2, 0.25) is 0 Å². The number of pyridine rings is 1. The van der Waals surface area contributed by atoms with Crippen LogP contribution in [-0.4, -0.2) is 47.7 Å². The van der Waals surface area contributed by atoms with Crippen LogP contribution in [0, 0.1) is 13.8 Å². The number of methoxy groups -OCH3 is 1. The van der Waals surface area contributed by atoms with Gasteiger partial charge in [-0.2, -0.15) is 0 Å². The van der Waals surface area contributed by atoms with Gasteiger partial charge in [0, 0.05) is 24.8 Å². The van der Waals surface area contributed by atoms with E-state index in [9.17, 15) is 9.59 Å². The third-order valence-electron chi connectivity index (χ3n) is 4.32. The van der Waals surface area contributed by atoms with Crippen molar-refractivity contribution < 1.29 is 23.6 Å². The molecule has 2 heterocycles. The predicted molar refractivity (Wildman–Crippen MR) is 101 cm³/mol. The molecule has 1 amide bonds. The Morgan fingerprint density at radius 2 is 1.96 bits per heavy atom. The second-order valence-electron chi connectivity index (χ2n) is 6.40. The van der Waals surface area contributed by atoms with Gasteiger partial charge in [-0.05, 0) is 26.0 Å². The van der Waals surface area contributed by atoms with E-state index < -0.39 is 5.97 Å². The number of carbonyl (C=O) groups excluding carboxylic acids is 2. The van der Waals surface area contributed by atoms with Crippen molar-refractivity contribution in [3.63, 3.8) is 0 Å². The lowest BCUT2D eigenvalue weighted by Gasteiger charge is -2.18. The molecule has 0 saturated heterocycles. The van der Waals surface area contributed by atoms with Crippen LogP contribution in [0.15, 0.2) is 34.9 Å². The number of hydrogen-bond acceptors (Lipinski definition) is 7. The van der Waals surface area contributed by atoms with Crippen LogP contribution in [0.1, 0.15) is 27.3 Å². The van der Waals surface area contributed by atoms with Crippen LogP contribution in [0.25, 0.3) is 11.1 Å². The summed E-state index contributed by atoms with van der Waals surface area (Å²) in [5.41, 5.74) is 2.54. The standard InChI is InChI=1S/C20H21N3O5/c1-12-9-15(18-13(2)22-28-19(18)21-12)20(25)27-11-17(24)23(3)10-14-7-5-6-8-16(14)26-4/h5-9H,10-11H2,1-4H3. The van der Waals surface area contributed by atoms with Gasteiger partial charge in [-0.15, -0.1) is 0 Å². The first-order valence-electron chi connectivity index (χ1n) is 8.67. The number of rotatable bonds is 6. The van der Waals surface area contributed by atoms with Gasteiger partial charge in [0.2, 0.25) is 0 Å². The predicted octanol–water partition coefficient (Wildman–Crippen LogP) is 2.66. The van der Waals surface area contributed by atoms with Crippen molar-refractivity contribution in [2.75, 3.05) is 20.8 Å². The Morgan fingerprint density at radius 1 is 1.21 bits per heavy atom. The van der Waals surface area contributed by atoms with Crippen molar-refractivity contribution in [3.05, 3.63) is 52.8 Å². The Balaban J connectivity index is 1.68. The number of benzene rings is 1. The Morgan fingerprint density at radius 3 is 2.71 bits per heavy atom. The highest BCUT2D eigenvalue weighted by molar-refractivity contribution is 6.03. The lowest BCUT2D eigenvalue weighted by atomic mass is 10.1. The van der Waals surface area contributed by atoms with Crippen molar-refractivity contribution in [1.29, 1.82) is 0 Å². The number of nitrogens with zero attached hydrogens (tertiary/aromatic N) is 3. The van der Waals surface area contributed by atoms with E-state index in [0.29, 0.717) is 29.1 Å². The fourth-order valence-electron chi connectivity index (χ4n) is 2.87. The molecule has 0 aliphatic carbocycles. The fourth-order valence-corrected chi connectivity index (χ4v) is 2.87. The molecule has 0 spiro atoms. The van der Waals surface area contributed by atoms with E-state index in [2.05, 4.69) is 10.1 Å². The Hall–Kier alpha value is -3.42. The van der Waals surface area contributed by atoms with Gasteiger partial charge in [0.25, 0.3) is 11.6 Å². The monoisotopic (exact) mass is 383 g/mol. The van der Waals surface area contributed by atoms with E-state index in [0.717, 1.165) is 5.56 Å². The highest BCUT2D eigenvalue weighted by Gasteiger charge is 2.21. The number of para-hydroxylation sites is 1.